The number of carbonyl (C=O) groups is 1. The molecule has 1 amide bonds. The molecule has 5 heteroatoms. The summed E-state index contributed by atoms with van der Waals surface area (Å²) in [6.07, 6.45) is 2.28. The quantitative estimate of drug-likeness (QED) is 0.907. The zero-order valence-electron chi connectivity index (χ0n) is 13.2. The molecule has 1 heterocycles. The van der Waals surface area contributed by atoms with Crippen LogP contribution in [0, 0.1) is 11.3 Å². The lowest BCUT2D eigenvalue weighted by molar-refractivity contribution is -0.123. The maximum absolute atomic E-state index is 12.2. The number of nitrogens with zero attached hydrogens (tertiary/aromatic N) is 1. The lowest BCUT2D eigenvalue weighted by atomic mass is 9.71. The predicted octanol–water partition coefficient (Wildman–Crippen LogP) is 2.32. The number of nitrogens with two attached hydrogens (primary N) is 1. The molecule has 0 bridgehead atoms. The average molecular weight is 318 g/mol. The lowest BCUT2D eigenvalue weighted by Crippen LogP contribution is -2.44. The molecule has 0 spiro atoms. The highest BCUT2D eigenvalue weighted by Gasteiger charge is 2.41. The molecule has 0 aliphatic carbocycles. The maximum atomic E-state index is 12.2. The summed E-state index contributed by atoms with van der Waals surface area (Å²) < 4.78 is 0. The van der Waals surface area contributed by atoms with E-state index in [-0.39, 0.29) is 6.04 Å². The smallest absolute Gasteiger partial charge is 0.233 e. The molecule has 0 saturated carbocycles. The van der Waals surface area contributed by atoms with E-state index in [9.17, 15) is 9.59 Å². The van der Waals surface area contributed by atoms with Crippen LogP contribution >= 0.6 is 0 Å². The first-order valence-electron chi connectivity index (χ1n) is 7.57. The van der Waals surface area contributed by atoms with Crippen molar-refractivity contribution >= 4 is 17.9 Å². The molecule has 0 fully saturated rings. The Balaban J connectivity index is 2.10. The molecule has 0 saturated heterocycles. The van der Waals surface area contributed by atoms with Gasteiger partial charge in [0.2, 0.25) is 12.2 Å². The van der Waals surface area contributed by atoms with Crippen LogP contribution in [0.1, 0.15) is 41.6 Å². The number of amides is 1. The molecule has 2 unspecified atom stereocenters. The van der Waals surface area contributed by atoms with E-state index in [2.05, 4.69) is 11.4 Å². The molecule has 2 aromatic rings. The zero-order chi connectivity index (χ0) is 17.3. The molecule has 1 aliphatic rings. The van der Waals surface area contributed by atoms with Crippen LogP contribution in [0.3, 0.4) is 0 Å². The normalized spacial score (nSPS) is 21.9. The highest BCUT2D eigenvalue weighted by molar-refractivity contribution is 5.90. The van der Waals surface area contributed by atoms with Crippen LogP contribution in [-0.2, 0) is 15.0 Å². The zero-order valence-corrected chi connectivity index (χ0v) is 13.2. The third-order valence-corrected chi connectivity index (χ3v) is 4.64. The van der Waals surface area contributed by atoms with Gasteiger partial charge in [-0.3, -0.25) is 9.59 Å². The number of anilines is 1. The molecule has 3 N–H and O–H groups in total. The van der Waals surface area contributed by atoms with E-state index in [1.54, 1.807) is 37.3 Å². The van der Waals surface area contributed by atoms with Crippen molar-refractivity contribution in [3.05, 3.63) is 64.7 Å². The van der Waals surface area contributed by atoms with Crippen LogP contribution < -0.4 is 11.1 Å². The fourth-order valence-corrected chi connectivity index (χ4v) is 3.21. The lowest BCUT2D eigenvalue weighted by Gasteiger charge is -2.39. The number of primary amides is 1. The van der Waals surface area contributed by atoms with Gasteiger partial charge in [0.15, 0.2) is 0 Å². The fraction of sp³-hybridized carbons (Fsp3) is 0.211. The number of hydrogen-bond acceptors (Lipinski definition) is 4. The summed E-state index contributed by atoms with van der Waals surface area (Å²) in [5, 5.41) is 12.5. The number of nitriles is 1. The van der Waals surface area contributed by atoms with Crippen molar-refractivity contribution in [2.24, 2.45) is 5.73 Å². The standard InChI is InChI=1S/C19H16N3O2/c1-19(18(21)24)9-17(14-4-2-3-12(7-14)10-20)22-16-6-5-13(11-23)8-15(16)19/h2-8,17,22H,9H2,1H3,(H2,21,24). The van der Waals surface area contributed by atoms with Crippen molar-refractivity contribution in [1.29, 1.82) is 5.26 Å². The van der Waals surface area contributed by atoms with Gasteiger partial charge >= 0.3 is 0 Å². The molecular weight excluding hydrogens is 302 g/mol. The Kier molecular flexibility index (Phi) is 3.82. The van der Waals surface area contributed by atoms with Gasteiger partial charge in [-0.1, -0.05) is 12.1 Å². The second-order valence-corrected chi connectivity index (χ2v) is 6.20. The molecule has 1 radical (unpaired) electrons. The van der Waals surface area contributed by atoms with Gasteiger partial charge in [-0.25, -0.2) is 0 Å². The number of hydrogen-bond donors (Lipinski definition) is 2. The topological polar surface area (TPSA) is 96.0 Å². The van der Waals surface area contributed by atoms with Gasteiger partial charge < -0.3 is 11.1 Å². The third-order valence-electron chi connectivity index (χ3n) is 4.64. The Labute approximate surface area is 140 Å². The van der Waals surface area contributed by atoms with E-state index in [0.717, 1.165) is 11.3 Å². The number of rotatable bonds is 3. The van der Waals surface area contributed by atoms with Crippen LogP contribution in [0.2, 0.25) is 0 Å². The Morgan fingerprint density at radius 1 is 1.29 bits per heavy atom. The van der Waals surface area contributed by atoms with E-state index < -0.39 is 11.3 Å². The largest absolute Gasteiger partial charge is 0.378 e. The van der Waals surface area contributed by atoms with Crippen LogP contribution in [0.15, 0.2) is 42.5 Å². The van der Waals surface area contributed by atoms with E-state index in [1.807, 2.05) is 18.4 Å². The molecular formula is C19H16N3O2. The highest BCUT2D eigenvalue weighted by Crippen LogP contribution is 2.44. The second kappa shape index (κ2) is 5.82. The van der Waals surface area contributed by atoms with E-state index in [1.165, 1.54) is 0 Å². The van der Waals surface area contributed by atoms with Gasteiger partial charge in [-0.2, -0.15) is 5.26 Å². The summed E-state index contributed by atoms with van der Waals surface area (Å²) >= 11 is 0. The first-order valence-corrected chi connectivity index (χ1v) is 7.57. The molecule has 0 aromatic heterocycles. The third kappa shape index (κ3) is 2.52. The van der Waals surface area contributed by atoms with Crippen LogP contribution in [-0.4, -0.2) is 12.2 Å². The van der Waals surface area contributed by atoms with E-state index in [4.69, 9.17) is 11.0 Å². The summed E-state index contributed by atoms with van der Waals surface area (Å²) in [5.41, 5.74) is 8.09. The number of benzene rings is 2. The van der Waals surface area contributed by atoms with Gasteiger partial charge in [-0.05, 0) is 54.8 Å². The Bertz CT molecular complexity index is 869. The van der Waals surface area contributed by atoms with E-state index >= 15 is 0 Å². The van der Waals surface area contributed by atoms with Crippen LogP contribution in [0.5, 0.6) is 0 Å². The summed E-state index contributed by atoms with van der Waals surface area (Å²) in [4.78, 5) is 23.1. The Morgan fingerprint density at radius 3 is 2.75 bits per heavy atom. The summed E-state index contributed by atoms with van der Waals surface area (Å²) in [7, 11) is 0. The van der Waals surface area contributed by atoms with Crippen molar-refractivity contribution in [1.82, 2.24) is 0 Å². The van der Waals surface area contributed by atoms with Gasteiger partial charge in [0.05, 0.1) is 23.1 Å². The summed E-state index contributed by atoms with van der Waals surface area (Å²) in [6, 6.07) is 14.3. The number of fused-ring (bicyclic) bond motifs is 1. The van der Waals surface area contributed by atoms with Crippen molar-refractivity contribution in [3.63, 3.8) is 0 Å². The molecule has 3 rings (SSSR count). The minimum atomic E-state index is -0.916. The van der Waals surface area contributed by atoms with Gasteiger partial charge in [0.25, 0.3) is 0 Å². The molecule has 1 aliphatic heterocycles. The molecule has 2 atom stereocenters. The summed E-state index contributed by atoms with van der Waals surface area (Å²) in [5.74, 6) is -0.449. The van der Waals surface area contributed by atoms with Crippen molar-refractivity contribution in [3.8, 4) is 6.07 Å². The van der Waals surface area contributed by atoms with Crippen molar-refractivity contribution < 1.29 is 9.59 Å². The van der Waals surface area contributed by atoms with Crippen LogP contribution in [0.4, 0.5) is 5.69 Å². The van der Waals surface area contributed by atoms with Crippen LogP contribution in [0.25, 0.3) is 0 Å². The monoisotopic (exact) mass is 318 g/mol. The van der Waals surface area contributed by atoms with Crippen molar-refractivity contribution in [2.75, 3.05) is 5.32 Å². The molecule has 5 nitrogen and oxygen atoms in total. The Hall–Kier alpha value is -3.13. The molecule has 24 heavy (non-hydrogen) atoms. The number of carbonyl (C=O) groups excluding carboxylic acids is 2. The first-order chi connectivity index (χ1) is 11.5. The summed E-state index contributed by atoms with van der Waals surface area (Å²) in [6.45, 7) is 1.78. The van der Waals surface area contributed by atoms with Crippen molar-refractivity contribution in [2.45, 2.75) is 24.8 Å². The van der Waals surface area contributed by atoms with Gasteiger partial charge in [0, 0.05) is 11.3 Å². The SMILES string of the molecule is CC1(C(N)=O)CC(c2cccc(C#N)c2)Nc2ccc([C]=O)cc21. The minimum Gasteiger partial charge on any atom is -0.378 e. The molecule has 2 aromatic carbocycles. The highest BCUT2D eigenvalue weighted by atomic mass is 16.1. The van der Waals surface area contributed by atoms with Gasteiger partial charge in [-0.15, -0.1) is 0 Å². The Morgan fingerprint density at radius 2 is 2.08 bits per heavy atom. The van der Waals surface area contributed by atoms with Gasteiger partial charge in [0.1, 0.15) is 0 Å². The maximum Gasteiger partial charge on any atom is 0.233 e. The first kappa shape index (κ1) is 15.8. The second-order valence-electron chi connectivity index (χ2n) is 6.20. The van der Waals surface area contributed by atoms with E-state index in [0.29, 0.717) is 23.1 Å². The average Bonchev–Trinajstić information content (AvgIpc) is 2.61. The predicted molar refractivity (Wildman–Crippen MR) is 89.9 cm³/mol. The molecule has 119 valence electrons. The fourth-order valence-electron chi connectivity index (χ4n) is 3.21. The minimum absolute atomic E-state index is 0.158. The number of nitrogens with one attached hydrogen (secondary N) is 1.